The zero-order valence-corrected chi connectivity index (χ0v) is 11.8. The van der Waals surface area contributed by atoms with Crippen LogP contribution in [0.5, 0.6) is 0 Å². The normalized spacial score (nSPS) is 10.1. The van der Waals surface area contributed by atoms with Crippen molar-refractivity contribution in [2.75, 3.05) is 18.9 Å². The van der Waals surface area contributed by atoms with Crippen LogP contribution in [0, 0.1) is 0 Å². The highest BCUT2D eigenvalue weighted by Crippen LogP contribution is 2.06. The fraction of sp³-hybridized carbons (Fsp3) is 0.235. The summed E-state index contributed by atoms with van der Waals surface area (Å²) in [5, 5.41) is 3.25. The van der Waals surface area contributed by atoms with E-state index in [2.05, 4.69) is 5.32 Å². The van der Waals surface area contributed by atoms with Gasteiger partial charge in [0.1, 0.15) is 0 Å². The van der Waals surface area contributed by atoms with E-state index in [0.717, 1.165) is 11.3 Å². The molecule has 1 N–H and O–H groups in total. The van der Waals surface area contributed by atoms with Crippen LogP contribution in [-0.4, -0.2) is 24.4 Å². The van der Waals surface area contributed by atoms with E-state index in [1.54, 1.807) is 4.90 Å². The first kappa shape index (κ1) is 14.1. The predicted molar refractivity (Wildman–Crippen MR) is 82.5 cm³/mol. The lowest BCUT2D eigenvalue weighted by molar-refractivity contribution is -0.130. The van der Waals surface area contributed by atoms with Crippen molar-refractivity contribution < 1.29 is 4.79 Å². The maximum absolute atomic E-state index is 12.0. The third-order valence-electron chi connectivity index (χ3n) is 3.13. The quantitative estimate of drug-likeness (QED) is 0.873. The van der Waals surface area contributed by atoms with Gasteiger partial charge in [-0.2, -0.15) is 0 Å². The van der Waals surface area contributed by atoms with E-state index in [9.17, 15) is 4.79 Å². The summed E-state index contributed by atoms with van der Waals surface area (Å²) in [4.78, 5) is 13.8. The van der Waals surface area contributed by atoms with Crippen molar-refractivity contribution in [1.82, 2.24) is 4.90 Å². The Kier molecular flexibility index (Phi) is 5.18. The van der Waals surface area contributed by atoms with Crippen LogP contribution < -0.4 is 5.32 Å². The highest BCUT2D eigenvalue weighted by atomic mass is 16.2. The molecule has 0 fully saturated rings. The van der Waals surface area contributed by atoms with Crippen molar-refractivity contribution in [1.29, 1.82) is 0 Å². The number of nitrogens with zero attached hydrogens (tertiary/aromatic N) is 1. The number of nitrogens with one attached hydrogen (secondary N) is 1. The summed E-state index contributed by atoms with van der Waals surface area (Å²) >= 11 is 0. The van der Waals surface area contributed by atoms with Crippen LogP contribution in [0.2, 0.25) is 0 Å². The average molecular weight is 268 g/mol. The number of carbonyl (C=O) groups excluding carboxylic acids is 1. The zero-order chi connectivity index (χ0) is 14.2. The van der Waals surface area contributed by atoms with Gasteiger partial charge in [0.15, 0.2) is 0 Å². The fourth-order valence-corrected chi connectivity index (χ4v) is 2.01. The Morgan fingerprint density at radius 2 is 1.60 bits per heavy atom. The summed E-state index contributed by atoms with van der Waals surface area (Å²) in [6.07, 6.45) is 0.498. The van der Waals surface area contributed by atoms with E-state index < -0.39 is 0 Å². The smallest absolute Gasteiger partial charge is 0.224 e. The van der Waals surface area contributed by atoms with Gasteiger partial charge in [0, 0.05) is 32.2 Å². The van der Waals surface area contributed by atoms with Crippen molar-refractivity contribution in [3.8, 4) is 0 Å². The number of hydrogen-bond donors (Lipinski definition) is 1. The van der Waals surface area contributed by atoms with E-state index in [1.807, 2.05) is 67.7 Å². The molecule has 0 aromatic heterocycles. The molecule has 3 nitrogen and oxygen atoms in total. The molecule has 3 heteroatoms. The second-order valence-corrected chi connectivity index (χ2v) is 4.78. The number of rotatable bonds is 6. The second-order valence-electron chi connectivity index (χ2n) is 4.78. The fourth-order valence-electron chi connectivity index (χ4n) is 2.01. The van der Waals surface area contributed by atoms with Crippen molar-refractivity contribution in [2.45, 2.75) is 13.0 Å². The first-order chi connectivity index (χ1) is 9.75. The van der Waals surface area contributed by atoms with Gasteiger partial charge in [-0.15, -0.1) is 0 Å². The highest BCUT2D eigenvalue weighted by Gasteiger charge is 2.08. The van der Waals surface area contributed by atoms with E-state index >= 15 is 0 Å². The van der Waals surface area contributed by atoms with Crippen molar-refractivity contribution in [3.05, 3.63) is 66.2 Å². The molecule has 2 aromatic carbocycles. The standard InChI is InChI=1S/C17H20N2O/c1-19(14-15-8-4-2-5-9-15)17(20)12-13-18-16-10-6-3-7-11-16/h2-11,18H,12-14H2,1H3. The molecular weight excluding hydrogens is 248 g/mol. The van der Waals surface area contributed by atoms with E-state index in [4.69, 9.17) is 0 Å². The Bertz CT molecular complexity index is 525. The number of hydrogen-bond acceptors (Lipinski definition) is 2. The summed E-state index contributed by atoms with van der Waals surface area (Å²) in [6.45, 7) is 1.31. The maximum atomic E-state index is 12.0. The number of carbonyl (C=O) groups is 1. The largest absolute Gasteiger partial charge is 0.385 e. The van der Waals surface area contributed by atoms with Crippen LogP contribution in [0.3, 0.4) is 0 Å². The molecule has 0 bridgehead atoms. The minimum absolute atomic E-state index is 0.150. The first-order valence-corrected chi connectivity index (χ1v) is 6.82. The lowest BCUT2D eigenvalue weighted by atomic mass is 10.2. The molecule has 2 aromatic rings. The van der Waals surface area contributed by atoms with Gasteiger partial charge in [0.25, 0.3) is 0 Å². The lowest BCUT2D eigenvalue weighted by Gasteiger charge is -2.17. The number of amides is 1. The number of benzene rings is 2. The molecule has 0 radical (unpaired) electrons. The number of para-hydroxylation sites is 1. The zero-order valence-electron chi connectivity index (χ0n) is 11.8. The molecule has 0 aliphatic carbocycles. The minimum Gasteiger partial charge on any atom is -0.385 e. The molecule has 104 valence electrons. The van der Waals surface area contributed by atoms with Gasteiger partial charge < -0.3 is 10.2 Å². The Morgan fingerprint density at radius 3 is 2.25 bits per heavy atom. The summed E-state index contributed by atoms with van der Waals surface area (Å²) in [5.41, 5.74) is 2.20. The summed E-state index contributed by atoms with van der Waals surface area (Å²) in [7, 11) is 1.85. The van der Waals surface area contributed by atoms with E-state index in [1.165, 1.54) is 0 Å². The van der Waals surface area contributed by atoms with Gasteiger partial charge in [-0.1, -0.05) is 48.5 Å². The van der Waals surface area contributed by atoms with Gasteiger partial charge in [-0.05, 0) is 17.7 Å². The maximum Gasteiger partial charge on any atom is 0.224 e. The van der Waals surface area contributed by atoms with Crippen LogP contribution in [-0.2, 0) is 11.3 Å². The van der Waals surface area contributed by atoms with Crippen LogP contribution in [0.4, 0.5) is 5.69 Å². The van der Waals surface area contributed by atoms with Crippen molar-refractivity contribution in [2.24, 2.45) is 0 Å². The molecule has 1 amide bonds. The topological polar surface area (TPSA) is 32.3 Å². The summed E-state index contributed by atoms with van der Waals surface area (Å²) in [6, 6.07) is 20.0. The minimum atomic E-state index is 0.150. The van der Waals surface area contributed by atoms with Gasteiger partial charge >= 0.3 is 0 Å². The summed E-state index contributed by atoms with van der Waals surface area (Å²) < 4.78 is 0. The van der Waals surface area contributed by atoms with Crippen molar-refractivity contribution in [3.63, 3.8) is 0 Å². The monoisotopic (exact) mass is 268 g/mol. The Labute approximate surface area is 120 Å². The Balaban J connectivity index is 1.74. The van der Waals surface area contributed by atoms with Crippen LogP contribution in [0.1, 0.15) is 12.0 Å². The Morgan fingerprint density at radius 1 is 1.00 bits per heavy atom. The van der Waals surface area contributed by atoms with Gasteiger partial charge in [0.05, 0.1) is 0 Å². The van der Waals surface area contributed by atoms with Gasteiger partial charge in [-0.3, -0.25) is 4.79 Å². The predicted octanol–water partition coefficient (Wildman–Crippen LogP) is 3.15. The van der Waals surface area contributed by atoms with Crippen LogP contribution in [0.15, 0.2) is 60.7 Å². The van der Waals surface area contributed by atoms with E-state index in [0.29, 0.717) is 19.5 Å². The molecule has 0 atom stereocenters. The molecule has 0 heterocycles. The third kappa shape index (κ3) is 4.43. The molecule has 0 aliphatic heterocycles. The summed E-state index contributed by atoms with van der Waals surface area (Å²) in [5.74, 6) is 0.150. The number of anilines is 1. The average Bonchev–Trinajstić information content (AvgIpc) is 2.49. The SMILES string of the molecule is CN(Cc1ccccc1)C(=O)CCNc1ccccc1. The molecule has 0 unspecified atom stereocenters. The second kappa shape index (κ2) is 7.34. The molecule has 0 saturated heterocycles. The molecule has 0 spiro atoms. The van der Waals surface area contributed by atoms with E-state index in [-0.39, 0.29) is 5.91 Å². The molecular formula is C17H20N2O. The molecule has 20 heavy (non-hydrogen) atoms. The van der Waals surface area contributed by atoms with Crippen molar-refractivity contribution >= 4 is 11.6 Å². The van der Waals surface area contributed by atoms with Crippen LogP contribution in [0.25, 0.3) is 0 Å². The highest BCUT2D eigenvalue weighted by molar-refractivity contribution is 5.76. The molecule has 0 aliphatic rings. The van der Waals surface area contributed by atoms with Gasteiger partial charge in [0.2, 0.25) is 5.91 Å². The third-order valence-corrected chi connectivity index (χ3v) is 3.13. The van der Waals surface area contributed by atoms with Gasteiger partial charge in [-0.25, -0.2) is 0 Å². The molecule has 0 saturated carbocycles. The van der Waals surface area contributed by atoms with Crippen LogP contribution >= 0.6 is 0 Å². The lowest BCUT2D eigenvalue weighted by Crippen LogP contribution is -2.27. The Hall–Kier alpha value is -2.29. The first-order valence-electron chi connectivity index (χ1n) is 6.82. The molecule has 2 rings (SSSR count).